The van der Waals surface area contributed by atoms with E-state index in [4.69, 9.17) is 5.73 Å². The molecular weight excluding hydrogens is 255 g/mol. The molecule has 0 spiro atoms. The first-order valence-electron chi connectivity index (χ1n) is 6.31. The minimum absolute atomic E-state index is 0.227. The van der Waals surface area contributed by atoms with E-state index in [9.17, 15) is 4.39 Å². The lowest BCUT2D eigenvalue weighted by Crippen LogP contribution is -2.17. The molecule has 0 unspecified atom stereocenters. The van der Waals surface area contributed by atoms with Gasteiger partial charge >= 0.3 is 0 Å². The number of aromatic amines is 1. The van der Waals surface area contributed by atoms with E-state index in [1.807, 2.05) is 24.1 Å². The first-order chi connectivity index (χ1) is 9.63. The summed E-state index contributed by atoms with van der Waals surface area (Å²) in [6.07, 6.45) is 1.75. The topological polar surface area (TPSA) is 57.9 Å². The Morgan fingerprint density at radius 1 is 1.25 bits per heavy atom. The highest BCUT2D eigenvalue weighted by Gasteiger charge is 2.09. The quantitative estimate of drug-likeness (QED) is 0.719. The summed E-state index contributed by atoms with van der Waals surface area (Å²) in [4.78, 5) is 2.03. The Balaban J connectivity index is 1.89. The number of fused-ring (bicyclic) bond motifs is 1. The molecule has 102 valence electrons. The maximum atomic E-state index is 12.9. The number of aromatic nitrogens is 2. The molecule has 20 heavy (non-hydrogen) atoms. The minimum atomic E-state index is -0.227. The molecule has 2 aromatic carbocycles. The average Bonchev–Trinajstić information content (AvgIpc) is 2.87. The number of anilines is 2. The molecule has 3 N–H and O–H groups in total. The molecule has 0 fully saturated rings. The molecule has 0 amide bonds. The Bertz CT molecular complexity index is 733. The van der Waals surface area contributed by atoms with Crippen LogP contribution in [-0.4, -0.2) is 17.2 Å². The molecule has 1 heterocycles. The van der Waals surface area contributed by atoms with Crippen LogP contribution in [0.2, 0.25) is 0 Å². The number of halogens is 1. The van der Waals surface area contributed by atoms with Crippen LogP contribution >= 0.6 is 0 Å². The van der Waals surface area contributed by atoms with Crippen LogP contribution in [0, 0.1) is 5.82 Å². The van der Waals surface area contributed by atoms with Crippen LogP contribution in [0.1, 0.15) is 5.56 Å². The fourth-order valence-electron chi connectivity index (χ4n) is 2.28. The third kappa shape index (κ3) is 2.30. The number of H-pyrrole nitrogens is 1. The van der Waals surface area contributed by atoms with Crippen molar-refractivity contribution in [2.24, 2.45) is 0 Å². The third-order valence-corrected chi connectivity index (χ3v) is 3.33. The van der Waals surface area contributed by atoms with Gasteiger partial charge in [0, 0.05) is 19.0 Å². The van der Waals surface area contributed by atoms with Gasteiger partial charge in [0.15, 0.2) is 0 Å². The van der Waals surface area contributed by atoms with Crippen LogP contribution in [0.4, 0.5) is 15.8 Å². The fraction of sp³-hybridized carbons (Fsp3) is 0.133. The number of benzene rings is 2. The first kappa shape index (κ1) is 12.5. The monoisotopic (exact) mass is 270 g/mol. The maximum Gasteiger partial charge on any atom is 0.123 e. The Hall–Kier alpha value is -2.56. The molecule has 0 aliphatic carbocycles. The summed E-state index contributed by atoms with van der Waals surface area (Å²) in [5.74, 6) is -0.227. The summed E-state index contributed by atoms with van der Waals surface area (Å²) in [5.41, 5.74) is 9.67. The molecule has 5 heteroatoms. The Morgan fingerprint density at radius 2 is 2.00 bits per heavy atom. The lowest BCUT2D eigenvalue weighted by molar-refractivity contribution is 0.627. The molecule has 0 saturated carbocycles. The van der Waals surface area contributed by atoms with Gasteiger partial charge in [0.25, 0.3) is 0 Å². The Morgan fingerprint density at radius 3 is 2.75 bits per heavy atom. The largest absolute Gasteiger partial charge is 0.397 e. The Kier molecular flexibility index (Phi) is 3.02. The van der Waals surface area contributed by atoms with Gasteiger partial charge < -0.3 is 10.6 Å². The van der Waals surface area contributed by atoms with E-state index in [0.717, 1.165) is 22.2 Å². The van der Waals surface area contributed by atoms with E-state index >= 15 is 0 Å². The van der Waals surface area contributed by atoms with Crippen LogP contribution in [-0.2, 0) is 6.54 Å². The average molecular weight is 270 g/mol. The van der Waals surface area contributed by atoms with E-state index in [2.05, 4.69) is 10.2 Å². The standard InChI is InChI=1S/C15H15FN4/c1-20(9-10-2-4-12(16)5-3-10)15-7-14-11(6-13(15)17)8-18-19-14/h2-8H,9,17H2,1H3,(H,18,19). The predicted octanol–water partition coefficient (Wildman–Crippen LogP) is 2.92. The van der Waals surface area contributed by atoms with Crippen molar-refractivity contribution in [1.82, 2.24) is 10.2 Å². The molecule has 3 aromatic rings. The van der Waals surface area contributed by atoms with Crippen LogP contribution in [0.5, 0.6) is 0 Å². The second-order valence-electron chi connectivity index (χ2n) is 4.85. The molecule has 1 aromatic heterocycles. The van der Waals surface area contributed by atoms with Gasteiger partial charge in [-0.15, -0.1) is 0 Å². The summed E-state index contributed by atoms with van der Waals surface area (Å²) >= 11 is 0. The van der Waals surface area contributed by atoms with E-state index < -0.39 is 0 Å². The molecule has 0 bridgehead atoms. The lowest BCUT2D eigenvalue weighted by Gasteiger charge is -2.21. The molecule has 0 aliphatic heterocycles. The zero-order chi connectivity index (χ0) is 14.1. The van der Waals surface area contributed by atoms with E-state index in [-0.39, 0.29) is 5.82 Å². The number of nitrogen functional groups attached to an aromatic ring is 1. The summed E-state index contributed by atoms with van der Waals surface area (Å²) in [6, 6.07) is 10.3. The van der Waals surface area contributed by atoms with Gasteiger partial charge in [0.1, 0.15) is 5.82 Å². The third-order valence-electron chi connectivity index (χ3n) is 3.33. The molecule has 3 rings (SSSR count). The molecular formula is C15H15FN4. The summed E-state index contributed by atoms with van der Waals surface area (Å²) in [7, 11) is 1.96. The van der Waals surface area contributed by atoms with Gasteiger partial charge in [-0.05, 0) is 29.8 Å². The Labute approximate surface area is 116 Å². The predicted molar refractivity (Wildman–Crippen MR) is 79.0 cm³/mol. The van der Waals surface area contributed by atoms with Gasteiger partial charge in [-0.1, -0.05) is 12.1 Å². The van der Waals surface area contributed by atoms with Gasteiger partial charge in [-0.3, -0.25) is 5.10 Å². The van der Waals surface area contributed by atoms with E-state index in [1.165, 1.54) is 12.1 Å². The number of nitrogens with zero attached hydrogens (tertiary/aromatic N) is 2. The van der Waals surface area contributed by atoms with Crippen LogP contribution in [0.15, 0.2) is 42.6 Å². The van der Waals surface area contributed by atoms with Gasteiger partial charge in [-0.2, -0.15) is 5.10 Å². The first-order valence-corrected chi connectivity index (χ1v) is 6.31. The van der Waals surface area contributed by atoms with Crippen molar-refractivity contribution in [3.63, 3.8) is 0 Å². The van der Waals surface area contributed by atoms with Crippen molar-refractivity contribution in [2.45, 2.75) is 6.54 Å². The number of rotatable bonds is 3. The van der Waals surface area contributed by atoms with Crippen LogP contribution in [0.25, 0.3) is 10.9 Å². The van der Waals surface area contributed by atoms with Gasteiger partial charge in [0.05, 0.1) is 23.1 Å². The minimum Gasteiger partial charge on any atom is -0.397 e. The van der Waals surface area contributed by atoms with Crippen LogP contribution in [0.3, 0.4) is 0 Å². The van der Waals surface area contributed by atoms with Crippen molar-refractivity contribution >= 4 is 22.3 Å². The highest BCUT2D eigenvalue weighted by Crippen LogP contribution is 2.28. The fourth-order valence-corrected chi connectivity index (χ4v) is 2.28. The molecule has 0 saturated heterocycles. The van der Waals surface area contributed by atoms with E-state index in [0.29, 0.717) is 12.2 Å². The summed E-state index contributed by atoms with van der Waals surface area (Å²) in [5, 5.41) is 7.91. The lowest BCUT2D eigenvalue weighted by atomic mass is 10.1. The van der Waals surface area contributed by atoms with Crippen molar-refractivity contribution in [3.05, 3.63) is 54.0 Å². The summed E-state index contributed by atoms with van der Waals surface area (Å²) < 4.78 is 12.9. The van der Waals surface area contributed by atoms with Crippen molar-refractivity contribution in [2.75, 3.05) is 17.7 Å². The zero-order valence-corrected chi connectivity index (χ0v) is 11.1. The molecule has 0 radical (unpaired) electrons. The highest BCUT2D eigenvalue weighted by molar-refractivity contribution is 5.88. The van der Waals surface area contributed by atoms with Crippen molar-refractivity contribution < 1.29 is 4.39 Å². The SMILES string of the molecule is CN(Cc1ccc(F)cc1)c1cc2[nH]ncc2cc1N. The molecule has 4 nitrogen and oxygen atoms in total. The molecule has 0 atom stereocenters. The smallest absolute Gasteiger partial charge is 0.123 e. The van der Waals surface area contributed by atoms with Crippen molar-refractivity contribution in [3.8, 4) is 0 Å². The second-order valence-corrected chi connectivity index (χ2v) is 4.85. The number of hydrogen-bond acceptors (Lipinski definition) is 3. The van der Waals surface area contributed by atoms with E-state index in [1.54, 1.807) is 18.3 Å². The van der Waals surface area contributed by atoms with Crippen LogP contribution < -0.4 is 10.6 Å². The van der Waals surface area contributed by atoms with Gasteiger partial charge in [0.2, 0.25) is 0 Å². The van der Waals surface area contributed by atoms with Crippen molar-refractivity contribution in [1.29, 1.82) is 0 Å². The van der Waals surface area contributed by atoms with Gasteiger partial charge in [-0.25, -0.2) is 4.39 Å². The normalized spacial score (nSPS) is 10.9. The molecule has 0 aliphatic rings. The number of hydrogen-bond donors (Lipinski definition) is 2. The zero-order valence-electron chi connectivity index (χ0n) is 11.1. The maximum absolute atomic E-state index is 12.9. The number of nitrogens with two attached hydrogens (primary N) is 1. The summed E-state index contributed by atoms with van der Waals surface area (Å²) in [6.45, 7) is 0.657. The highest BCUT2D eigenvalue weighted by atomic mass is 19.1. The number of nitrogens with one attached hydrogen (secondary N) is 1. The second kappa shape index (κ2) is 4.85.